The molecule has 0 heterocycles. The Morgan fingerprint density at radius 2 is 1.14 bits per heavy atom. The van der Waals surface area contributed by atoms with Gasteiger partial charge in [-0.15, -0.1) is 0 Å². The van der Waals surface area contributed by atoms with Gasteiger partial charge < -0.3 is 55.4 Å². The van der Waals surface area contributed by atoms with Gasteiger partial charge >= 0.3 is 17.9 Å². The van der Waals surface area contributed by atoms with E-state index in [9.17, 15) is 60.3 Å². The number of rotatable bonds is 5. The van der Waals surface area contributed by atoms with Gasteiger partial charge in [-0.2, -0.15) is 0 Å². The van der Waals surface area contributed by atoms with Crippen LogP contribution < -0.4 is 0 Å². The molecule has 9 N–H and O–H groups in total. The van der Waals surface area contributed by atoms with E-state index in [0.717, 1.165) is 12.1 Å². The zero-order valence-electron chi connectivity index (χ0n) is 17.5. The van der Waals surface area contributed by atoms with Gasteiger partial charge in [-0.25, -0.2) is 14.4 Å². The van der Waals surface area contributed by atoms with Crippen LogP contribution in [0.3, 0.4) is 0 Å². The first kappa shape index (κ1) is 25.2. The van der Waals surface area contributed by atoms with E-state index in [1.807, 2.05) is 0 Å². The number of hydrogen-bond acceptors (Lipinski definition) is 13. The van der Waals surface area contributed by atoms with Crippen LogP contribution in [0.1, 0.15) is 33.6 Å². The highest BCUT2D eigenvalue weighted by Crippen LogP contribution is 2.38. The fourth-order valence-electron chi connectivity index (χ4n) is 3.52. The van der Waals surface area contributed by atoms with Crippen LogP contribution in [0.15, 0.2) is 24.3 Å². The van der Waals surface area contributed by atoms with Crippen molar-refractivity contribution < 1.29 is 69.8 Å². The Morgan fingerprint density at radius 1 is 0.743 bits per heavy atom. The third-order valence-corrected chi connectivity index (χ3v) is 5.34. The molecular weight excluding hydrogens is 476 g/mol. The molecule has 1 saturated carbocycles. The number of aliphatic hydroxyl groups excluding tert-OH is 1. The van der Waals surface area contributed by atoms with Crippen molar-refractivity contribution in [3.05, 3.63) is 35.4 Å². The minimum atomic E-state index is -2.60. The Labute approximate surface area is 195 Å². The summed E-state index contributed by atoms with van der Waals surface area (Å²) in [6, 6.07) is 2.87. The first-order valence-corrected chi connectivity index (χ1v) is 9.79. The van der Waals surface area contributed by atoms with Gasteiger partial charge in [0, 0.05) is 12.8 Å². The maximum Gasteiger partial charge on any atom is 0.338 e. The van der Waals surface area contributed by atoms with Crippen molar-refractivity contribution in [2.24, 2.45) is 0 Å². The van der Waals surface area contributed by atoms with Crippen molar-refractivity contribution >= 4 is 17.9 Å². The molecule has 0 spiro atoms. The second-order valence-electron chi connectivity index (χ2n) is 7.85. The van der Waals surface area contributed by atoms with Crippen LogP contribution >= 0.6 is 0 Å². The molecule has 35 heavy (non-hydrogen) atoms. The Balaban J connectivity index is 1.91. The van der Waals surface area contributed by atoms with Gasteiger partial charge in [0.1, 0.15) is 6.10 Å². The van der Waals surface area contributed by atoms with Crippen molar-refractivity contribution in [3.8, 4) is 34.5 Å². The smallest absolute Gasteiger partial charge is 0.338 e. The first-order chi connectivity index (χ1) is 16.2. The number of phenolic OH excluding ortho intramolecular Hbond substituents is 6. The Bertz CT molecular complexity index is 1140. The average Bonchev–Trinajstić information content (AvgIpc) is 2.77. The molecule has 188 valence electrons. The molecule has 0 radical (unpaired) electrons. The molecule has 2 aromatic rings. The van der Waals surface area contributed by atoms with E-state index in [-0.39, 0.29) is 0 Å². The van der Waals surface area contributed by atoms with Gasteiger partial charge in [0.2, 0.25) is 0 Å². The topological polar surface area (TPSA) is 252 Å². The maximum absolute atomic E-state index is 12.6. The van der Waals surface area contributed by atoms with E-state index in [0.29, 0.717) is 12.1 Å². The molecule has 1 fully saturated rings. The number of carboxylic acids is 1. The monoisotopic (exact) mass is 496 g/mol. The second kappa shape index (κ2) is 9.08. The van der Waals surface area contributed by atoms with Crippen molar-refractivity contribution in [3.63, 3.8) is 0 Å². The zero-order chi connectivity index (χ0) is 26.2. The lowest BCUT2D eigenvalue weighted by Crippen LogP contribution is -2.58. The van der Waals surface area contributed by atoms with Crippen LogP contribution in [0.4, 0.5) is 0 Å². The zero-order valence-corrected chi connectivity index (χ0v) is 17.5. The predicted octanol–water partition coefficient (Wildman–Crippen LogP) is -0.358. The Hall–Kier alpha value is -4.43. The molecule has 3 rings (SSSR count). The number of ether oxygens (including phenoxy) is 2. The van der Waals surface area contributed by atoms with Gasteiger partial charge in [0.05, 0.1) is 17.2 Å². The number of hydrogen-bond donors (Lipinski definition) is 9. The molecule has 0 aliphatic heterocycles. The summed E-state index contributed by atoms with van der Waals surface area (Å²) in [5.41, 5.74) is -3.61. The van der Waals surface area contributed by atoms with E-state index in [2.05, 4.69) is 0 Å². The standard InChI is InChI=1S/C21H20O14/c22-9-1-7(2-10(23)15(9)27)18(29)34-14-6-21(33,20(31)32)5-13(26)17(14)35-19(30)8-3-11(24)16(28)12(25)4-8/h1-4,13-14,17,22-28,33H,5-6H2,(H,31,32)/t13-,14+,17-,21+/m1/s1. The summed E-state index contributed by atoms with van der Waals surface area (Å²) in [5.74, 6) is -9.76. The minimum Gasteiger partial charge on any atom is -0.504 e. The molecule has 2 aromatic carbocycles. The summed E-state index contributed by atoms with van der Waals surface area (Å²) in [4.78, 5) is 36.6. The quantitative estimate of drug-likeness (QED) is 0.189. The molecule has 0 bridgehead atoms. The van der Waals surface area contributed by atoms with Gasteiger partial charge in [-0.05, 0) is 24.3 Å². The number of aliphatic hydroxyl groups is 2. The van der Waals surface area contributed by atoms with Crippen LogP contribution in [-0.2, 0) is 14.3 Å². The summed E-state index contributed by atoms with van der Waals surface area (Å²) >= 11 is 0. The van der Waals surface area contributed by atoms with Crippen molar-refractivity contribution in [2.75, 3.05) is 0 Å². The summed E-state index contributed by atoms with van der Waals surface area (Å²) in [5, 5.41) is 87.3. The van der Waals surface area contributed by atoms with Gasteiger partial charge in [-0.1, -0.05) is 0 Å². The van der Waals surface area contributed by atoms with Crippen molar-refractivity contribution in [2.45, 2.75) is 36.8 Å². The number of carboxylic acid groups (broad SMARTS) is 1. The Kier molecular flexibility index (Phi) is 6.53. The number of carbonyl (C=O) groups is 3. The van der Waals surface area contributed by atoms with E-state index < -0.39 is 100 Å². The summed E-state index contributed by atoms with van der Waals surface area (Å²) in [7, 11) is 0. The number of benzene rings is 2. The number of phenols is 6. The lowest BCUT2D eigenvalue weighted by atomic mass is 9.79. The van der Waals surface area contributed by atoms with Crippen LogP contribution in [0.5, 0.6) is 34.5 Å². The number of aromatic hydroxyl groups is 6. The second-order valence-corrected chi connectivity index (χ2v) is 7.85. The van der Waals surface area contributed by atoms with Gasteiger partial charge in [0.25, 0.3) is 0 Å². The molecule has 0 unspecified atom stereocenters. The lowest BCUT2D eigenvalue weighted by molar-refractivity contribution is -0.187. The number of esters is 2. The van der Waals surface area contributed by atoms with Crippen LogP contribution in [-0.4, -0.2) is 87.8 Å². The van der Waals surface area contributed by atoms with E-state index in [4.69, 9.17) is 9.47 Å². The van der Waals surface area contributed by atoms with E-state index >= 15 is 0 Å². The largest absolute Gasteiger partial charge is 0.504 e. The average molecular weight is 496 g/mol. The van der Waals surface area contributed by atoms with E-state index in [1.54, 1.807) is 0 Å². The first-order valence-electron chi connectivity index (χ1n) is 9.79. The normalized spacial score (nSPS) is 23.9. The fourth-order valence-corrected chi connectivity index (χ4v) is 3.52. The lowest BCUT2D eigenvalue weighted by Gasteiger charge is -2.40. The van der Waals surface area contributed by atoms with Gasteiger partial charge in [0.15, 0.2) is 46.2 Å². The molecule has 4 atom stereocenters. The highest BCUT2D eigenvalue weighted by molar-refractivity contribution is 5.92. The molecule has 14 heteroatoms. The molecule has 0 amide bonds. The molecule has 1 aliphatic rings. The van der Waals surface area contributed by atoms with Gasteiger partial charge in [-0.3, -0.25) is 0 Å². The number of carbonyl (C=O) groups excluding carboxylic acids is 2. The van der Waals surface area contributed by atoms with Crippen LogP contribution in [0.2, 0.25) is 0 Å². The molecule has 0 saturated heterocycles. The van der Waals surface area contributed by atoms with Crippen LogP contribution in [0.25, 0.3) is 0 Å². The van der Waals surface area contributed by atoms with Crippen molar-refractivity contribution in [1.82, 2.24) is 0 Å². The molecule has 1 aliphatic carbocycles. The van der Waals surface area contributed by atoms with Crippen molar-refractivity contribution in [1.29, 1.82) is 0 Å². The fraction of sp³-hybridized carbons (Fsp3) is 0.286. The predicted molar refractivity (Wildman–Crippen MR) is 109 cm³/mol. The maximum atomic E-state index is 12.6. The molecular formula is C21H20O14. The van der Waals surface area contributed by atoms with Crippen LogP contribution in [0, 0.1) is 0 Å². The third-order valence-electron chi connectivity index (χ3n) is 5.34. The molecule has 0 aromatic heterocycles. The summed E-state index contributed by atoms with van der Waals surface area (Å²) < 4.78 is 10.2. The third kappa shape index (κ3) is 4.92. The minimum absolute atomic E-state index is 0.498. The Morgan fingerprint density at radius 3 is 1.54 bits per heavy atom. The summed E-state index contributed by atoms with van der Waals surface area (Å²) in [6.07, 6.45) is -7.11. The number of aliphatic carboxylic acids is 1. The van der Waals surface area contributed by atoms with E-state index in [1.165, 1.54) is 0 Å². The SMILES string of the molecule is O=C(O[C@@H]1[C@H](O)C[C@@](O)(C(=O)O)C[C@@H]1OC(=O)c1cc(O)c(O)c(O)c1)c1cc(O)c(O)c(O)c1. The molecule has 14 nitrogen and oxygen atoms in total. The highest BCUT2D eigenvalue weighted by Gasteiger charge is 2.52. The highest BCUT2D eigenvalue weighted by atomic mass is 16.6. The summed E-state index contributed by atoms with van der Waals surface area (Å²) in [6.45, 7) is 0.